The summed E-state index contributed by atoms with van der Waals surface area (Å²) in [5, 5.41) is 0. The maximum Gasteiger partial charge on any atom is 0.280 e. The summed E-state index contributed by atoms with van der Waals surface area (Å²) in [5.41, 5.74) is 5.41. The zero-order valence-electron chi connectivity index (χ0n) is 6.33. The molecule has 0 rings (SSSR count). The first-order valence-corrected chi connectivity index (χ1v) is 4.31. The Bertz CT molecular complexity index is 122. The normalized spacial score (nSPS) is 13.2. The van der Waals surface area contributed by atoms with Crippen LogP contribution in [0.1, 0.15) is 0 Å². The van der Waals surface area contributed by atoms with E-state index < -0.39 is 7.59 Å². The molecule has 2 N–H and O–H groups in total. The van der Waals surface area contributed by atoms with E-state index in [1.165, 1.54) is 9.34 Å². The zero-order valence-corrected chi connectivity index (χ0v) is 7.22. The molecule has 56 valence electrons. The number of rotatable bonds is 2. The number of hydrogen-bond acceptors (Lipinski definition) is 1. The highest BCUT2D eigenvalue weighted by Crippen LogP contribution is 2.39. The van der Waals surface area contributed by atoms with Gasteiger partial charge in [-0.05, 0) is 28.2 Å². The highest BCUT2D eigenvalue weighted by atomic mass is 31.2. The maximum atomic E-state index is 11.2. The molecule has 0 aliphatic heterocycles. The lowest BCUT2D eigenvalue weighted by molar-refractivity contribution is 0.449. The molecule has 0 aromatic carbocycles. The van der Waals surface area contributed by atoms with Crippen LogP contribution in [0.4, 0.5) is 0 Å². The van der Waals surface area contributed by atoms with Crippen LogP contribution in [0, 0.1) is 0 Å². The fourth-order valence-electron chi connectivity index (χ4n) is 0.358. The molecule has 0 aromatic heterocycles. The highest BCUT2D eigenvalue weighted by molar-refractivity contribution is 7.56. The van der Waals surface area contributed by atoms with E-state index in [2.05, 4.69) is 0 Å². The fraction of sp³-hybridized carbons (Fsp3) is 1.00. The molecular weight excluding hydrogens is 137 g/mol. The SMILES string of the molecule is CN(C)P(N)(=O)N(C)C. The second-order valence-electron chi connectivity index (χ2n) is 2.28. The van der Waals surface area contributed by atoms with Crippen molar-refractivity contribution in [1.29, 1.82) is 0 Å². The van der Waals surface area contributed by atoms with Crippen molar-refractivity contribution in [2.24, 2.45) is 5.50 Å². The molecule has 0 spiro atoms. The monoisotopic (exact) mass is 151 g/mol. The van der Waals surface area contributed by atoms with E-state index in [4.69, 9.17) is 5.50 Å². The highest BCUT2D eigenvalue weighted by Gasteiger charge is 2.20. The Balaban J connectivity index is 4.21. The van der Waals surface area contributed by atoms with Crippen molar-refractivity contribution >= 4 is 7.59 Å². The van der Waals surface area contributed by atoms with Crippen molar-refractivity contribution in [3.05, 3.63) is 0 Å². The molecule has 0 aliphatic carbocycles. The van der Waals surface area contributed by atoms with E-state index in [0.717, 1.165) is 0 Å². The maximum absolute atomic E-state index is 11.2. The molecule has 0 fully saturated rings. The van der Waals surface area contributed by atoms with Gasteiger partial charge < -0.3 is 0 Å². The van der Waals surface area contributed by atoms with Gasteiger partial charge in [0.15, 0.2) is 0 Å². The summed E-state index contributed by atoms with van der Waals surface area (Å²) >= 11 is 0. The molecule has 0 saturated heterocycles. The number of hydrogen-bond donors (Lipinski definition) is 1. The molecule has 0 bridgehead atoms. The first-order valence-electron chi connectivity index (χ1n) is 2.63. The predicted molar refractivity (Wildman–Crippen MR) is 39.2 cm³/mol. The Kier molecular flexibility index (Phi) is 2.83. The van der Waals surface area contributed by atoms with Crippen LogP contribution in [0.15, 0.2) is 0 Å². The molecule has 0 aliphatic rings. The summed E-state index contributed by atoms with van der Waals surface area (Å²) in [7, 11) is 4.11. The number of nitrogens with zero attached hydrogens (tertiary/aromatic N) is 2. The molecule has 0 amide bonds. The minimum absolute atomic E-state index is 1.52. The molecule has 9 heavy (non-hydrogen) atoms. The Morgan fingerprint density at radius 3 is 1.33 bits per heavy atom. The smallest absolute Gasteiger partial charge is 0.271 e. The van der Waals surface area contributed by atoms with Gasteiger partial charge in [-0.1, -0.05) is 0 Å². The van der Waals surface area contributed by atoms with E-state index in [9.17, 15) is 4.57 Å². The number of nitrogens with two attached hydrogens (primary N) is 1. The molecule has 0 atom stereocenters. The zero-order chi connectivity index (χ0) is 7.65. The molecule has 0 saturated carbocycles. The van der Waals surface area contributed by atoms with Gasteiger partial charge in [-0.15, -0.1) is 0 Å². The molecule has 0 aromatic rings. The van der Waals surface area contributed by atoms with Crippen LogP contribution >= 0.6 is 7.59 Å². The first kappa shape index (κ1) is 9.11. The van der Waals surface area contributed by atoms with E-state index in [1.54, 1.807) is 28.2 Å². The molecular formula is C4H14N3OP. The Hall–Kier alpha value is 0.110. The predicted octanol–water partition coefficient (Wildman–Crippen LogP) is 0.176. The van der Waals surface area contributed by atoms with Crippen LogP contribution in [-0.2, 0) is 4.57 Å². The minimum atomic E-state index is -2.67. The van der Waals surface area contributed by atoms with Crippen LogP contribution in [-0.4, -0.2) is 37.5 Å². The van der Waals surface area contributed by atoms with Crippen LogP contribution in [0.5, 0.6) is 0 Å². The molecule has 0 heterocycles. The Morgan fingerprint density at radius 2 is 1.33 bits per heavy atom. The average Bonchev–Trinajstić information content (AvgIpc) is 1.65. The third-order valence-electron chi connectivity index (χ3n) is 1.15. The van der Waals surface area contributed by atoms with Crippen LogP contribution in [0.2, 0.25) is 0 Å². The van der Waals surface area contributed by atoms with Gasteiger partial charge >= 0.3 is 0 Å². The van der Waals surface area contributed by atoms with Crippen molar-refractivity contribution in [3.63, 3.8) is 0 Å². The van der Waals surface area contributed by atoms with Crippen molar-refractivity contribution in [1.82, 2.24) is 9.34 Å². The van der Waals surface area contributed by atoms with Gasteiger partial charge in [-0.3, -0.25) is 10.1 Å². The second kappa shape index (κ2) is 2.80. The first-order chi connectivity index (χ1) is 3.89. The van der Waals surface area contributed by atoms with Gasteiger partial charge in [0.25, 0.3) is 7.59 Å². The minimum Gasteiger partial charge on any atom is -0.271 e. The van der Waals surface area contributed by atoms with Crippen LogP contribution in [0.3, 0.4) is 0 Å². The van der Waals surface area contributed by atoms with Gasteiger partial charge in [0, 0.05) is 0 Å². The third-order valence-corrected chi connectivity index (χ3v) is 3.44. The van der Waals surface area contributed by atoms with Crippen molar-refractivity contribution in [2.75, 3.05) is 28.2 Å². The molecule has 4 nitrogen and oxygen atoms in total. The molecule has 0 unspecified atom stereocenters. The lowest BCUT2D eigenvalue weighted by atomic mass is 11.3. The average molecular weight is 151 g/mol. The lowest BCUT2D eigenvalue weighted by Crippen LogP contribution is -2.26. The third kappa shape index (κ3) is 2.06. The summed E-state index contributed by atoms with van der Waals surface area (Å²) in [6, 6.07) is 0. The van der Waals surface area contributed by atoms with Crippen molar-refractivity contribution in [2.45, 2.75) is 0 Å². The van der Waals surface area contributed by atoms with Crippen molar-refractivity contribution < 1.29 is 4.57 Å². The summed E-state index contributed by atoms with van der Waals surface area (Å²) in [6.07, 6.45) is 0. The standard InChI is InChI=1S/C4H14N3OP/c1-6(2)9(5,8)7(3)4/h1-4H3,(H2,5,8). The van der Waals surface area contributed by atoms with E-state index in [0.29, 0.717) is 0 Å². The van der Waals surface area contributed by atoms with Gasteiger partial charge in [-0.25, -0.2) is 9.34 Å². The quantitative estimate of drug-likeness (QED) is 0.572. The van der Waals surface area contributed by atoms with E-state index >= 15 is 0 Å². The Labute approximate surface area is 56.2 Å². The second-order valence-corrected chi connectivity index (χ2v) is 5.06. The summed E-state index contributed by atoms with van der Waals surface area (Å²) < 4.78 is 14.3. The topological polar surface area (TPSA) is 49.6 Å². The van der Waals surface area contributed by atoms with Crippen LogP contribution in [0.25, 0.3) is 0 Å². The largest absolute Gasteiger partial charge is 0.280 e. The Morgan fingerprint density at radius 1 is 1.11 bits per heavy atom. The van der Waals surface area contributed by atoms with Gasteiger partial charge in [0.05, 0.1) is 0 Å². The summed E-state index contributed by atoms with van der Waals surface area (Å²) in [4.78, 5) is 0. The lowest BCUT2D eigenvalue weighted by Gasteiger charge is -2.25. The van der Waals surface area contributed by atoms with Crippen molar-refractivity contribution in [3.8, 4) is 0 Å². The van der Waals surface area contributed by atoms with E-state index in [1.807, 2.05) is 0 Å². The summed E-state index contributed by atoms with van der Waals surface area (Å²) in [5.74, 6) is 0. The van der Waals surface area contributed by atoms with Crippen LogP contribution < -0.4 is 5.50 Å². The van der Waals surface area contributed by atoms with E-state index in [-0.39, 0.29) is 0 Å². The molecule has 5 heteroatoms. The van der Waals surface area contributed by atoms with Gasteiger partial charge in [0.2, 0.25) is 0 Å². The van der Waals surface area contributed by atoms with Gasteiger partial charge in [0.1, 0.15) is 0 Å². The molecule has 0 radical (unpaired) electrons. The summed E-state index contributed by atoms with van der Waals surface area (Å²) in [6.45, 7) is 0. The van der Waals surface area contributed by atoms with Gasteiger partial charge in [-0.2, -0.15) is 0 Å². The fourth-order valence-corrected chi connectivity index (χ4v) is 1.07.